The van der Waals surface area contributed by atoms with E-state index in [0.29, 0.717) is 31.4 Å². The number of halogens is 1. The van der Waals surface area contributed by atoms with Gasteiger partial charge in [-0.15, -0.1) is 0 Å². The molecule has 100 valence electrons. The van der Waals surface area contributed by atoms with E-state index in [2.05, 4.69) is 5.32 Å². The van der Waals surface area contributed by atoms with Crippen molar-refractivity contribution in [2.45, 2.75) is 39.2 Å². The van der Waals surface area contributed by atoms with Gasteiger partial charge < -0.3 is 11.1 Å². The van der Waals surface area contributed by atoms with Crippen molar-refractivity contribution in [3.63, 3.8) is 0 Å². The van der Waals surface area contributed by atoms with E-state index >= 15 is 0 Å². The maximum atomic E-state index is 13.0. The first-order valence-corrected chi connectivity index (χ1v) is 6.26. The number of hydrogen-bond donors (Lipinski definition) is 2. The number of carbonyl (C=O) groups is 1. The molecule has 3 nitrogen and oxygen atoms in total. The zero-order valence-electron chi connectivity index (χ0n) is 11.0. The molecule has 0 aliphatic heterocycles. The molecule has 0 aliphatic rings. The van der Waals surface area contributed by atoms with Crippen LogP contribution in [0.1, 0.15) is 30.9 Å². The van der Waals surface area contributed by atoms with E-state index in [9.17, 15) is 9.18 Å². The van der Waals surface area contributed by atoms with Crippen LogP contribution >= 0.6 is 0 Å². The van der Waals surface area contributed by atoms with Crippen LogP contribution in [0.2, 0.25) is 0 Å². The lowest BCUT2D eigenvalue weighted by atomic mass is 10.1. The minimum atomic E-state index is -0.195. The van der Waals surface area contributed by atoms with Crippen LogP contribution in [0.5, 0.6) is 0 Å². The second kappa shape index (κ2) is 7.11. The van der Waals surface area contributed by atoms with Gasteiger partial charge in [-0.05, 0) is 43.9 Å². The molecule has 0 radical (unpaired) electrons. The summed E-state index contributed by atoms with van der Waals surface area (Å²) in [5, 5.41) is 2.83. The molecule has 0 saturated heterocycles. The van der Waals surface area contributed by atoms with Crippen molar-refractivity contribution in [1.82, 2.24) is 5.32 Å². The van der Waals surface area contributed by atoms with Crippen LogP contribution in [0.3, 0.4) is 0 Å². The van der Waals surface area contributed by atoms with Gasteiger partial charge in [-0.25, -0.2) is 4.39 Å². The lowest BCUT2D eigenvalue weighted by Crippen LogP contribution is -2.27. The topological polar surface area (TPSA) is 55.1 Å². The fourth-order valence-corrected chi connectivity index (χ4v) is 1.66. The maximum Gasteiger partial charge on any atom is 0.220 e. The Bertz CT molecular complexity index is 405. The predicted molar refractivity (Wildman–Crippen MR) is 70.7 cm³/mol. The Morgan fingerprint density at radius 1 is 1.50 bits per heavy atom. The minimum Gasteiger partial charge on any atom is -0.356 e. The zero-order valence-corrected chi connectivity index (χ0v) is 11.0. The number of benzene rings is 1. The molecule has 0 spiro atoms. The molecule has 1 amide bonds. The van der Waals surface area contributed by atoms with Gasteiger partial charge in [0, 0.05) is 19.0 Å². The molecular formula is C14H21FN2O. The summed E-state index contributed by atoms with van der Waals surface area (Å²) in [7, 11) is 0. The first kappa shape index (κ1) is 14.6. The molecule has 0 aliphatic carbocycles. The Hall–Kier alpha value is -1.42. The first-order chi connectivity index (χ1) is 8.49. The van der Waals surface area contributed by atoms with Crippen molar-refractivity contribution in [2.24, 2.45) is 5.73 Å². The summed E-state index contributed by atoms with van der Waals surface area (Å²) in [6.45, 7) is 4.19. The Morgan fingerprint density at radius 3 is 2.83 bits per heavy atom. The van der Waals surface area contributed by atoms with E-state index in [1.807, 2.05) is 13.0 Å². The molecule has 0 fully saturated rings. The van der Waals surface area contributed by atoms with E-state index in [4.69, 9.17) is 5.73 Å². The van der Waals surface area contributed by atoms with Crippen LogP contribution in [-0.2, 0) is 11.2 Å². The first-order valence-electron chi connectivity index (χ1n) is 6.26. The van der Waals surface area contributed by atoms with Crippen LogP contribution < -0.4 is 11.1 Å². The van der Waals surface area contributed by atoms with Gasteiger partial charge in [-0.1, -0.05) is 12.1 Å². The van der Waals surface area contributed by atoms with Crippen molar-refractivity contribution in [3.8, 4) is 0 Å². The quantitative estimate of drug-likeness (QED) is 0.812. The van der Waals surface area contributed by atoms with Crippen LogP contribution in [0.4, 0.5) is 4.39 Å². The summed E-state index contributed by atoms with van der Waals surface area (Å²) in [6.07, 6.45) is 1.87. The van der Waals surface area contributed by atoms with Gasteiger partial charge >= 0.3 is 0 Å². The third kappa shape index (κ3) is 5.27. The van der Waals surface area contributed by atoms with Crippen molar-refractivity contribution in [1.29, 1.82) is 0 Å². The fraction of sp³-hybridized carbons (Fsp3) is 0.500. The number of aryl methyl sites for hydroxylation is 1. The van der Waals surface area contributed by atoms with Crippen LogP contribution in [0.25, 0.3) is 0 Å². The van der Waals surface area contributed by atoms with Gasteiger partial charge in [-0.3, -0.25) is 4.79 Å². The summed E-state index contributed by atoms with van der Waals surface area (Å²) in [4.78, 5) is 11.4. The van der Waals surface area contributed by atoms with Gasteiger partial charge in [0.1, 0.15) is 5.82 Å². The molecule has 1 atom stereocenters. The molecule has 18 heavy (non-hydrogen) atoms. The van der Waals surface area contributed by atoms with Crippen molar-refractivity contribution in [3.05, 3.63) is 35.1 Å². The predicted octanol–water partition coefficient (Wildman–Crippen LogP) is 1.92. The number of nitrogens with one attached hydrogen (secondary N) is 1. The molecule has 1 unspecified atom stereocenters. The largest absolute Gasteiger partial charge is 0.356 e. The third-order valence-corrected chi connectivity index (χ3v) is 2.78. The van der Waals surface area contributed by atoms with E-state index < -0.39 is 0 Å². The number of amides is 1. The third-order valence-electron chi connectivity index (χ3n) is 2.78. The standard InChI is InChI=1S/C14H21FN2O/c1-10-9-12(4-5-13(10)15)7-8-17-14(18)6-3-11(2)16/h4-5,9,11H,3,6-8,16H2,1-2H3,(H,17,18). The molecule has 0 aromatic heterocycles. The van der Waals surface area contributed by atoms with Crippen LogP contribution in [0, 0.1) is 12.7 Å². The highest BCUT2D eigenvalue weighted by Gasteiger charge is 2.03. The van der Waals surface area contributed by atoms with Crippen molar-refractivity contribution in [2.75, 3.05) is 6.54 Å². The Morgan fingerprint density at radius 2 is 2.22 bits per heavy atom. The molecule has 0 bridgehead atoms. The van der Waals surface area contributed by atoms with Gasteiger partial charge in [0.15, 0.2) is 0 Å². The molecule has 4 heteroatoms. The summed E-state index contributed by atoms with van der Waals surface area (Å²) in [5.41, 5.74) is 7.24. The highest BCUT2D eigenvalue weighted by atomic mass is 19.1. The van der Waals surface area contributed by atoms with Crippen molar-refractivity contribution < 1.29 is 9.18 Å². The maximum absolute atomic E-state index is 13.0. The Balaban J connectivity index is 2.28. The van der Waals surface area contributed by atoms with E-state index in [-0.39, 0.29) is 17.8 Å². The summed E-state index contributed by atoms with van der Waals surface area (Å²) < 4.78 is 13.0. The second-order valence-corrected chi connectivity index (χ2v) is 4.70. The number of nitrogens with two attached hydrogens (primary N) is 1. The second-order valence-electron chi connectivity index (χ2n) is 4.70. The molecule has 0 saturated carbocycles. The van der Waals surface area contributed by atoms with Gasteiger partial charge in [-0.2, -0.15) is 0 Å². The number of rotatable bonds is 6. The average Bonchev–Trinajstić information content (AvgIpc) is 2.31. The fourth-order valence-electron chi connectivity index (χ4n) is 1.66. The molecule has 1 aromatic rings. The monoisotopic (exact) mass is 252 g/mol. The molecule has 1 rings (SSSR count). The van der Waals surface area contributed by atoms with E-state index in [1.165, 1.54) is 6.07 Å². The highest BCUT2D eigenvalue weighted by molar-refractivity contribution is 5.75. The van der Waals surface area contributed by atoms with E-state index in [0.717, 1.165) is 5.56 Å². The highest BCUT2D eigenvalue weighted by Crippen LogP contribution is 2.09. The average molecular weight is 252 g/mol. The summed E-state index contributed by atoms with van der Waals surface area (Å²) in [5.74, 6) is -0.175. The van der Waals surface area contributed by atoms with Crippen LogP contribution in [0.15, 0.2) is 18.2 Å². The lowest BCUT2D eigenvalue weighted by molar-refractivity contribution is -0.121. The van der Waals surface area contributed by atoms with Crippen molar-refractivity contribution >= 4 is 5.91 Å². The Labute approximate surface area is 108 Å². The minimum absolute atomic E-state index is 0.0196. The normalized spacial score (nSPS) is 12.2. The molecular weight excluding hydrogens is 231 g/mol. The zero-order chi connectivity index (χ0) is 13.5. The summed E-state index contributed by atoms with van der Waals surface area (Å²) in [6, 6.07) is 5.07. The van der Waals surface area contributed by atoms with Gasteiger partial charge in [0.2, 0.25) is 5.91 Å². The summed E-state index contributed by atoms with van der Waals surface area (Å²) >= 11 is 0. The SMILES string of the molecule is Cc1cc(CCNC(=O)CCC(C)N)ccc1F. The van der Waals surface area contributed by atoms with E-state index in [1.54, 1.807) is 13.0 Å². The smallest absolute Gasteiger partial charge is 0.220 e. The molecule has 1 aromatic carbocycles. The van der Waals surface area contributed by atoms with Crippen LogP contribution in [-0.4, -0.2) is 18.5 Å². The van der Waals surface area contributed by atoms with Gasteiger partial charge in [0.25, 0.3) is 0 Å². The Kier molecular flexibility index (Phi) is 5.78. The number of hydrogen-bond acceptors (Lipinski definition) is 2. The number of carbonyl (C=O) groups excluding carboxylic acids is 1. The molecule has 0 heterocycles. The lowest BCUT2D eigenvalue weighted by Gasteiger charge is -2.07. The molecule has 3 N–H and O–H groups in total. The van der Waals surface area contributed by atoms with Gasteiger partial charge in [0.05, 0.1) is 0 Å².